The van der Waals surface area contributed by atoms with Crippen molar-refractivity contribution in [2.24, 2.45) is 17.3 Å². The predicted molar refractivity (Wildman–Crippen MR) is 64.8 cm³/mol. The molecule has 1 amide bonds. The number of carbonyl (C=O) groups excluding carboxylic acids is 1. The predicted octanol–water partition coefficient (Wildman–Crippen LogP) is 0.763. The topological polar surface area (TPSA) is 86.6 Å². The van der Waals surface area contributed by atoms with Gasteiger partial charge in [-0.2, -0.15) is 0 Å². The molecule has 2 rings (SSSR count). The summed E-state index contributed by atoms with van der Waals surface area (Å²) in [7, 11) is 0. The molecule has 0 bridgehead atoms. The van der Waals surface area contributed by atoms with E-state index in [0.717, 1.165) is 19.3 Å². The van der Waals surface area contributed by atoms with Crippen LogP contribution in [0.5, 0.6) is 0 Å². The first-order chi connectivity index (χ1) is 8.35. The van der Waals surface area contributed by atoms with Crippen LogP contribution in [0.3, 0.4) is 0 Å². The molecule has 102 valence electrons. The highest BCUT2D eigenvalue weighted by molar-refractivity contribution is 5.91. The molecule has 0 saturated heterocycles. The van der Waals surface area contributed by atoms with Crippen molar-refractivity contribution in [2.45, 2.75) is 51.7 Å². The second kappa shape index (κ2) is 4.53. The van der Waals surface area contributed by atoms with Gasteiger partial charge in [-0.3, -0.25) is 9.59 Å². The maximum Gasteiger partial charge on any atom is 0.307 e. The van der Waals surface area contributed by atoms with Crippen molar-refractivity contribution in [2.75, 3.05) is 0 Å². The molecule has 0 spiro atoms. The van der Waals surface area contributed by atoms with E-state index in [1.165, 1.54) is 0 Å². The Hall–Kier alpha value is -1.10. The average molecular weight is 255 g/mol. The van der Waals surface area contributed by atoms with Crippen LogP contribution in [0.4, 0.5) is 0 Å². The lowest BCUT2D eigenvalue weighted by atomic mass is 9.92. The van der Waals surface area contributed by atoms with Gasteiger partial charge in [-0.05, 0) is 18.3 Å². The van der Waals surface area contributed by atoms with Crippen molar-refractivity contribution in [3.05, 3.63) is 0 Å². The number of carbonyl (C=O) groups is 2. The minimum absolute atomic E-state index is 0.211. The largest absolute Gasteiger partial charge is 0.481 e. The van der Waals surface area contributed by atoms with Crippen LogP contribution < -0.4 is 5.32 Å². The first-order valence-corrected chi connectivity index (χ1v) is 6.57. The van der Waals surface area contributed by atoms with E-state index in [2.05, 4.69) is 5.32 Å². The zero-order valence-corrected chi connectivity index (χ0v) is 10.8. The second-order valence-corrected chi connectivity index (χ2v) is 6.08. The van der Waals surface area contributed by atoms with Crippen LogP contribution >= 0.6 is 0 Å². The Morgan fingerprint density at radius 1 is 1.17 bits per heavy atom. The number of aliphatic carboxylic acids is 1. The smallest absolute Gasteiger partial charge is 0.307 e. The Morgan fingerprint density at radius 3 is 2.28 bits per heavy atom. The van der Waals surface area contributed by atoms with Crippen molar-refractivity contribution in [1.29, 1.82) is 0 Å². The molecule has 3 N–H and O–H groups in total. The van der Waals surface area contributed by atoms with Crippen LogP contribution in [0.25, 0.3) is 0 Å². The summed E-state index contributed by atoms with van der Waals surface area (Å²) in [5.41, 5.74) is -0.477. The molecule has 0 aromatic carbocycles. The number of carboxylic acids is 1. The van der Waals surface area contributed by atoms with Crippen molar-refractivity contribution in [3.8, 4) is 0 Å². The number of hydrogen-bond donors (Lipinski definition) is 3. The van der Waals surface area contributed by atoms with Gasteiger partial charge in [0.25, 0.3) is 0 Å². The minimum Gasteiger partial charge on any atom is -0.481 e. The number of aliphatic hydroxyl groups excluding tert-OH is 1. The second-order valence-electron chi connectivity index (χ2n) is 6.08. The molecule has 0 aromatic rings. The van der Waals surface area contributed by atoms with Crippen molar-refractivity contribution >= 4 is 11.9 Å². The lowest BCUT2D eigenvalue weighted by Gasteiger charge is -2.28. The fourth-order valence-corrected chi connectivity index (χ4v) is 3.14. The summed E-state index contributed by atoms with van der Waals surface area (Å²) < 4.78 is 0. The van der Waals surface area contributed by atoms with E-state index in [4.69, 9.17) is 5.11 Å². The van der Waals surface area contributed by atoms with Crippen molar-refractivity contribution in [1.82, 2.24) is 5.32 Å². The average Bonchev–Trinajstić information content (AvgIpc) is 2.85. The van der Waals surface area contributed by atoms with E-state index in [1.54, 1.807) is 13.8 Å². The van der Waals surface area contributed by atoms with Crippen molar-refractivity contribution < 1.29 is 19.8 Å². The van der Waals surface area contributed by atoms with Gasteiger partial charge >= 0.3 is 5.97 Å². The van der Waals surface area contributed by atoms with E-state index >= 15 is 0 Å². The SMILES string of the molecule is CC1(C)C(C(=O)O)C1C(=O)N[C@@H]1CCCC[C@H]1O. The third-order valence-corrected chi connectivity index (χ3v) is 4.43. The Kier molecular flexibility index (Phi) is 3.36. The van der Waals surface area contributed by atoms with Crippen LogP contribution in [0.2, 0.25) is 0 Å². The number of amides is 1. The van der Waals surface area contributed by atoms with Gasteiger partial charge in [-0.1, -0.05) is 26.7 Å². The number of aliphatic hydroxyl groups is 1. The van der Waals surface area contributed by atoms with Gasteiger partial charge in [0, 0.05) is 0 Å². The summed E-state index contributed by atoms with van der Waals surface area (Å²) in [4.78, 5) is 23.1. The van der Waals surface area contributed by atoms with E-state index in [-0.39, 0.29) is 11.9 Å². The first-order valence-electron chi connectivity index (χ1n) is 6.57. The van der Waals surface area contributed by atoms with Gasteiger partial charge in [0.15, 0.2) is 0 Å². The molecule has 2 aliphatic carbocycles. The van der Waals surface area contributed by atoms with Crippen molar-refractivity contribution in [3.63, 3.8) is 0 Å². The summed E-state index contributed by atoms with van der Waals surface area (Å²) in [5.74, 6) is -2.20. The highest BCUT2D eigenvalue weighted by atomic mass is 16.4. The zero-order chi connectivity index (χ0) is 13.5. The standard InChI is InChI=1S/C13H21NO4/c1-13(2)9(10(13)12(17)18)11(16)14-7-5-3-4-6-8(7)15/h7-10,15H,3-6H2,1-2H3,(H,14,16)(H,17,18)/t7-,8-,9?,10?/m1/s1. The van der Waals surface area contributed by atoms with Crippen LogP contribution in [0.1, 0.15) is 39.5 Å². The van der Waals surface area contributed by atoms with Crippen LogP contribution in [-0.4, -0.2) is 34.2 Å². The molecule has 5 heteroatoms. The minimum atomic E-state index is -0.913. The fourth-order valence-electron chi connectivity index (χ4n) is 3.14. The number of hydrogen-bond acceptors (Lipinski definition) is 3. The number of rotatable bonds is 3. The summed E-state index contributed by atoms with van der Waals surface area (Å²) in [6.45, 7) is 3.60. The van der Waals surface area contributed by atoms with Crippen LogP contribution in [0, 0.1) is 17.3 Å². The Morgan fingerprint density at radius 2 is 1.78 bits per heavy atom. The Bertz CT molecular complexity index is 366. The number of nitrogens with one attached hydrogen (secondary N) is 1. The van der Waals surface area contributed by atoms with Gasteiger partial charge in [0.05, 0.1) is 24.0 Å². The third kappa shape index (κ3) is 2.23. The van der Waals surface area contributed by atoms with E-state index in [1.807, 2.05) is 0 Å². The van der Waals surface area contributed by atoms with Crippen LogP contribution in [0.15, 0.2) is 0 Å². The molecule has 5 nitrogen and oxygen atoms in total. The van der Waals surface area contributed by atoms with Gasteiger partial charge in [-0.25, -0.2) is 0 Å². The van der Waals surface area contributed by atoms with E-state index in [9.17, 15) is 14.7 Å². The van der Waals surface area contributed by atoms with E-state index in [0.29, 0.717) is 6.42 Å². The lowest BCUT2D eigenvalue weighted by molar-refractivity contribution is -0.140. The molecule has 2 unspecified atom stereocenters. The molecule has 2 fully saturated rings. The van der Waals surface area contributed by atoms with Gasteiger partial charge < -0.3 is 15.5 Å². The molecule has 0 heterocycles. The van der Waals surface area contributed by atoms with E-state index < -0.39 is 29.3 Å². The Labute approximate surface area is 107 Å². The Balaban J connectivity index is 1.95. The summed E-state index contributed by atoms with van der Waals surface area (Å²) in [6, 6.07) is -0.211. The molecule has 0 aliphatic heterocycles. The highest BCUT2D eigenvalue weighted by Gasteiger charge is 2.66. The zero-order valence-electron chi connectivity index (χ0n) is 10.8. The molecular formula is C13H21NO4. The molecule has 18 heavy (non-hydrogen) atoms. The fraction of sp³-hybridized carbons (Fsp3) is 0.846. The summed E-state index contributed by atoms with van der Waals surface area (Å²) >= 11 is 0. The third-order valence-electron chi connectivity index (χ3n) is 4.43. The van der Waals surface area contributed by atoms with Gasteiger partial charge in [0.2, 0.25) is 5.91 Å². The molecule has 2 saturated carbocycles. The van der Waals surface area contributed by atoms with Gasteiger partial charge in [-0.15, -0.1) is 0 Å². The number of carboxylic acid groups (broad SMARTS) is 1. The lowest BCUT2D eigenvalue weighted by Crippen LogP contribution is -2.46. The monoisotopic (exact) mass is 255 g/mol. The van der Waals surface area contributed by atoms with Crippen LogP contribution in [-0.2, 0) is 9.59 Å². The maximum absolute atomic E-state index is 12.1. The highest BCUT2D eigenvalue weighted by Crippen LogP contribution is 2.58. The van der Waals surface area contributed by atoms with Gasteiger partial charge in [0.1, 0.15) is 0 Å². The molecular weight excluding hydrogens is 234 g/mol. The quantitative estimate of drug-likeness (QED) is 0.695. The molecule has 0 aromatic heterocycles. The summed E-state index contributed by atoms with van der Waals surface area (Å²) in [5, 5.41) is 21.6. The molecule has 2 aliphatic rings. The molecule has 4 atom stereocenters. The summed E-state index contributed by atoms with van der Waals surface area (Å²) in [6.07, 6.45) is 2.98. The normalized spacial score (nSPS) is 37.9. The molecule has 0 radical (unpaired) electrons. The first kappa shape index (κ1) is 13.3. The maximum atomic E-state index is 12.1.